The molecule has 2 unspecified atom stereocenters. The Labute approximate surface area is 105 Å². The predicted octanol–water partition coefficient (Wildman–Crippen LogP) is 4.00. The summed E-state index contributed by atoms with van der Waals surface area (Å²) in [5.41, 5.74) is 0.323. The van der Waals surface area contributed by atoms with Crippen LogP contribution in [0.3, 0.4) is 0 Å². The summed E-state index contributed by atoms with van der Waals surface area (Å²) < 4.78 is 0. The normalized spacial score (nSPS) is 36.9. The highest BCUT2D eigenvalue weighted by atomic mass is 35.5. The van der Waals surface area contributed by atoms with Crippen molar-refractivity contribution in [2.45, 2.75) is 31.3 Å². The number of hydrogen-bond acceptors (Lipinski definition) is 1. The zero-order chi connectivity index (χ0) is 11.3. The Kier molecular flexibility index (Phi) is 2.47. The van der Waals surface area contributed by atoms with E-state index in [0.29, 0.717) is 21.9 Å². The van der Waals surface area contributed by atoms with Gasteiger partial charge in [-0.05, 0) is 42.4 Å². The highest BCUT2D eigenvalue weighted by Crippen LogP contribution is 2.64. The molecule has 2 fully saturated rings. The fourth-order valence-electron chi connectivity index (χ4n) is 3.27. The first-order chi connectivity index (χ1) is 7.64. The molecule has 2 atom stereocenters. The molecule has 3 heteroatoms. The summed E-state index contributed by atoms with van der Waals surface area (Å²) in [6.07, 6.45) is 4.76. The average Bonchev–Trinajstić information content (AvgIpc) is 2.91. The number of fused-ring (bicyclic) bond motifs is 1. The van der Waals surface area contributed by atoms with Crippen LogP contribution in [0.25, 0.3) is 0 Å². The van der Waals surface area contributed by atoms with E-state index in [-0.39, 0.29) is 0 Å². The molecule has 0 heterocycles. The topological polar surface area (TPSA) is 20.2 Å². The van der Waals surface area contributed by atoms with Gasteiger partial charge in [-0.25, -0.2) is 0 Å². The quantitative estimate of drug-likeness (QED) is 0.806. The maximum Gasteiger partial charge on any atom is 0.0960 e. The van der Waals surface area contributed by atoms with Gasteiger partial charge in [0.15, 0.2) is 0 Å². The summed E-state index contributed by atoms with van der Waals surface area (Å²) in [6.45, 7) is 0. The third-order valence-electron chi connectivity index (χ3n) is 4.17. The van der Waals surface area contributed by atoms with Crippen molar-refractivity contribution < 1.29 is 5.11 Å². The van der Waals surface area contributed by atoms with E-state index >= 15 is 0 Å². The van der Waals surface area contributed by atoms with Gasteiger partial charge in [-0.3, -0.25) is 0 Å². The number of rotatable bonds is 1. The Morgan fingerprint density at radius 3 is 2.25 bits per heavy atom. The number of halogens is 2. The van der Waals surface area contributed by atoms with Crippen LogP contribution in [-0.2, 0) is 5.60 Å². The van der Waals surface area contributed by atoms with Gasteiger partial charge in [-0.15, -0.1) is 0 Å². The molecule has 0 radical (unpaired) electrons. The highest BCUT2D eigenvalue weighted by Gasteiger charge is 2.64. The van der Waals surface area contributed by atoms with Crippen molar-refractivity contribution in [1.29, 1.82) is 0 Å². The maximum atomic E-state index is 10.7. The van der Waals surface area contributed by atoms with Crippen LogP contribution >= 0.6 is 23.2 Å². The second-order valence-corrected chi connectivity index (χ2v) is 5.77. The van der Waals surface area contributed by atoms with Gasteiger partial charge < -0.3 is 5.11 Å². The molecule has 3 rings (SSSR count). The van der Waals surface area contributed by atoms with Crippen LogP contribution < -0.4 is 0 Å². The summed E-state index contributed by atoms with van der Waals surface area (Å²) in [7, 11) is 0. The van der Waals surface area contributed by atoms with Gasteiger partial charge >= 0.3 is 0 Å². The molecule has 0 aliphatic heterocycles. The van der Waals surface area contributed by atoms with Crippen LogP contribution in [0.1, 0.15) is 31.2 Å². The smallest absolute Gasteiger partial charge is 0.0960 e. The molecule has 1 nitrogen and oxygen atoms in total. The van der Waals surface area contributed by atoms with Gasteiger partial charge in [0, 0.05) is 0 Å². The van der Waals surface area contributed by atoms with E-state index in [9.17, 15) is 5.11 Å². The molecule has 2 aliphatic rings. The molecular formula is C13H14Cl2O. The lowest BCUT2D eigenvalue weighted by Crippen LogP contribution is -2.10. The van der Waals surface area contributed by atoms with E-state index in [1.165, 1.54) is 12.8 Å². The molecule has 1 aromatic rings. The molecule has 16 heavy (non-hydrogen) atoms. The van der Waals surface area contributed by atoms with Gasteiger partial charge in [0.05, 0.1) is 15.6 Å². The van der Waals surface area contributed by atoms with Crippen LogP contribution in [0.2, 0.25) is 10.0 Å². The zero-order valence-electron chi connectivity index (χ0n) is 8.92. The van der Waals surface area contributed by atoms with Gasteiger partial charge in [0.2, 0.25) is 0 Å². The lowest BCUT2D eigenvalue weighted by Gasteiger charge is -2.12. The SMILES string of the molecule is OC1(c2ccc(Cl)c(Cl)c2)C2CCCCC21. The predicted molar refractivity (Wildman–Crippen MR) is 65.8 cm³/mol. The van der Waals surface area contributed by atoms with Crippen LogP contribution in [0.5, 0.6) is 0 Å². The van der Waals surface area contributed by atoms with E-state index in [4.69, 9.17) is 23.2 Å². The molecule has 1 N–H and O–H groups in total. The Hall–Kier alpha value is -0.240. The lowest BCUT2D eigenvalue weighted by molar-refractivity contribution is 0.118. The Morgan fingerprint density at radius 1 is 1.06 bits per heavy atom. The van der Waals surface area contributed by atoms with E-state index in [1.54, 1.807) is 6.07 Å². The summed E-state index contributed by atoms with van der Waals surface area (Å²) >= 11 is 11.9. The Balaban J connectivity index is 1.95. The summed E-state index contributed by atoms with van der Waals surface area (Å²) in [5.74, 6) is 0.886. The van der Waals surface area contributed by atoms with Gasteiger partial charge in [-0.1, -0.05) is 42.1 Å². The first kappa shape index (κ1) is 10.9. The molecule has 0 saturated heterocycles. The molecule has 2 saturated carbocycles. The maximum absolute atomic E-state index is 10.7. The molecule has 0 aromatic heterocycles. The first-order valence-electron chi connectivity index (χ1n) is 5.82. The van der Waals surface area contributed by atoms with Crippen LogP contribution in [0.4, 0.5) is 0 Å². The highest BCUT2D eigenvalue weighted by molar-refractivity contribution is 6.42. The molecule has 0 amide bonds. The van der Waals surface area contributed by atoms with E-state index in [0.717, 1.165) is 18.4 Å². The summed E-state index contributed by atoms with van der Waals surface area (Å²) in [6, 6.07) is 5.51. The van der Waals surface area contributed by atoms with Crippen molar-refractivity contribution in [3.8, 4) is 0 Å². The Bertz CT molecular complexity index is 418. The second-order valence-electron chi connectivity index (χ2n) is 4.95. The van der Waals surface area contributed by atoms with Gasteiger partial charge in [0.1, 0.15) is 0 Å². The van der Waals surface area contributed by atoms with Crippen LogP contribution in [0.15, 0.2) is 18.2 Å². The minimum absolute atomic E-state index is 0.443. The first-order valence-corrected chi connectivity index (χ1v) is 6.57. The molecular weight excluding hydrogens is 243 g/mol. The minimum Gasteiger partial charge on any atom is -0.385 e. The lowest BCUT2D eigenvalue weighted by atomic mass is 10.0. The zero-order valence-corrected chi connectivity index (χ0v) is 10.4. The van der Waals surface area contributed by atoms with Crippen molar-refractivity contribution in [1.82, 2.24) is 0 Å². The number of aliphatic hydroxyl groups is 1. The standard InChI is InChI=1S/C13H14Cl2O/c14-11-6-5-8(7-12(11)15)13(16)9-3-1-2-4-10(9)13/h5-7,9-10,16H,1-4H2. The molecule has 86 valence electrons. The van der Waals surface area contributed by atoms with Crippen LogP contribution in [-0.4, -0.2) is 5.11 Å². The van der Waals surface area contributed by atoms with Crippen molar-refractivity contribution in [2.24, 2.45) is 11.8 Å². The largest absolute Gasteiger partial charge is 0.385 e. The molecule has 0 bridgehead atoms. The Morgan fingerprint density at radius 2 is 1.69 bits per heavy atom. The molecule has 2 aliphatic carbocycles. The molecule has 1 aromatic carbocycles. The number of hydrogen-bond donors (Lipinski definition) is 1. The minimum atomic E-state index is -0.620. The molecule has 0 spiro atoms. The summed E-state index contributed by atoms with van der Waals surface area (Å²) in [5, 5.41) is 11.8. The van der Waals surface area contributed by atoms with Crippen molar-refractivity contribution in [3.05, 3.63) is 33.8 Å². The fourth-order valence-corrected chi connectivity index (χ4v) is 3.56. The monoisotopic (exact) mass is 256 g/mol. The van der Waals surface area contributed by atoms with Gasteiger partial charge in [0.25, 0.3) is 0 Å². The van der Waals surface area contributed by atoms with Crippen LogP contribution in [0, 0.1) is 11.8 Å². The third-order valence-corrected chi connectivity index (χ3v) is 4.91. The van der Waals surface area contributed by atoms with Crippen molar-refractivity contribution in [3.63, 3.8) is 0 Å². The fraction of sp³-hybridized carbons (Fsp3) is 0.538. The van der Waals surface area contributed by atoms with Crippen molar-refractivity contribution >= 4 is 23.2 Å². The van der Waals surface area contributed by atoms with Crippen molar-refractivity contribution in [2.75, 3.05) is 0 Å². The number of benzene rings is 1. The average molecular weight is 257 g/mol. The second kappa shape index (κ2) is 3.63. The van der Waals surface area contributed by atoms with E-state index in [2.05, 4.69) is 0 Å². The van der Waals surface area contributed by atoms with E-state index < -0.39 is 5.60 Å². The van der Waals surface area contributed by atoms with Gasteiger partial charge in [-0.2, -0.15) is 0 Å². The summed E-state index contributed by atoms with van der Waals surface area (Å²) in [4.78, 5) is 0. The third kappa shape index (κ3) is 1.42. The van der Waals surface area contributed by atoms with E-state index in [1.807, 2.05) is 12.1 Å².